The number of esters is 1. The summed E-state index contributed by atoms with van der Waals surface area (Å²) in [4.78, 5) is 19.9. The minimum Gasteiger partial charge on any atom is -0.456 e. The molecular formula is C19H19N5O2. The Bertz CT molecular complexity index is 889. The second-order valence-electron chi connectivity index (χ2n) is 5.75. The fourth-order valence-corrected chi connectivity index (χ4v) is 2.24. The molecule has 0 spiro atoms. The fraction of sp³-hybridized carbons (Fsp3) is 0.158. The summed E-state index contributed by atoms with van der Waals surface area (Å²) in [6.07, 6.45) is 0. The maximum absolute atomic E-state index is 12.5. The van der Waals surface area contributed by atoms with Crippen molar-refractivity contribution in [2.45, 2.75) is 6.61 Å². The topological polar surface area (TPSA) is 82.9 Å². The molecule has 26 heavy (non-hydrogen) atoms. The van der Waals surface area contributed by atoms with Crippen LogP contribution in [0.25, 0.3) is 11.4 Å². The molecule has 3 aromatic rings. The van der Waals surface area contributed by atoms with Crippen molar-refractivity contribution in [2.75, 3.05) is 14.1 Å². The number of aromatic amines is 1. The molecule has 0 bridgehead atoms. The summed E-state index contributed by atoms with van der Waals surface area (Å²) in [5, 5.41) is 9.49. The van der Waals surface area contributed by atoms with E-state index in [9.17, 15) is 4.79 Å². The van der Waals surface area contributed by atoms with Gasteiger partial charge in [0, 0.05) is 19.7 Å². The van der Waals surface area contributed by atoms with E-state index < -0.39 is 5.97 Å². The van der Waals surface area contributed by atoms with Gasteiger partial charge in [0.15, 0.2) is 5.69 Å². The van der Waals surface area contributed by atoms with Crippen molar-refractivity contribution in [3.05, 3.63) is 71.9 Å². The Morgan fingerprint density at radius 1 is 1.08 bits per heavy atom. The molecule has 0 saturated carbocycles. The Balaban J connectivity index is 1.85. The number of ether oxygens (including phenoxy) is 1. The molecule has 1 heterocycles. The van der Waals surface area contributed by atoms with Crippen LogP contribution in [0.4, 0.5) is 5.82 Å². The van der Waals surface area contributed by atoms with Gasteiger partial charge in [-0.05, 0) is 5.56 Å². The number of aromatic nitrogens is 2. The molecular weight excluding hydrogens is 330 g/mol. The number of imidazole rings is 1. The van der Waals surface area contributed by atoms with E-state index in [4.69, 9.17) is 4.74 Å². The number of carbonyl (C=O) groups is 1. The minimum absolute atomic E-state index is 0.170. The van der Waals surface area contributed by atoms with Crippen molar-refractivity contribution >= 4 is 11.8 Å². The highest BCUT2D eigenvalue weighted by atomic mass is 16.5. The van der Waals surface area contributed by atoms with Gasteiger partial charge in [0.05, 0.1) is 0 Å². The number of carbonyl (C=O) groups excluding carboxylic acids is 1. The van der Waals surface area contributed by atoms with Crippen molar-refractivity contribution in [1.29, 1.82) is 0 Å². The van der Waals surface area contributed by atoms with Gasteiger partial charge in [0.25, 0.3) is 0 Å². The Hall–Kier alpha value is -3.48. The quantitative estimate of drug-likeness (QED) is 0.414. The molecule has 0 aliphatic carbocycles. The van der Waals surface area contributed by atoms with Crippen LogP contribution in [0.1, 0.15) is 16.1 Å². The molecule has 0 saturated heterocycles. The molecule has 0 radical (unpaired) electrons. The SMILES string of the molecule is CN(C)N=Nc1nc(-c2ccccc2)[nH]c1C(=O)OCc1ccccc1. The third-order valence-electron chi connectivity index (χ3n) is 3.47. The molecule has 7 nitrogen and oxygen atoms in total. The van der Waals surface area contributed by atoms with E-state index in [1.165, 1.54) is 5.01 Å². The van der Waals surface area contributed by atoms with Crippen LogP contribution in [0.2, 0.25) is 0 Å². The summed E-state index contributed by atoms with van der Waals surface area (Å²) in [5.74, 6) is 0.192. The van der Waals surface area contributed by atoms with E-state index in [1.54, 1.807) is 14.1 Å². The first kappa shape index (κ1) is 17.3. The van der Waals surface area contributed by atoms with Crippen LogP contribution >= 0.6 is 0 Å². The summed E-state index contributed by atoms with van der Waals surface area (Å²) in [5.41, 5.74) is 1.92. The lowest BCUT2D eigenvalue weighted by atomic mass is 10.2. The first-order valence-electron chi connectivity index (χ1n) is 8.09. The molecule has 0 aliphatic rings. The normalized spacial score (nSPS) is 10.8. The number of rotatable bonds is 6. The summed E-state index contributed by atoms with van der Waals surface area (Å²) in [7, 11) is 3.48. The van der Waals surface area contributed by atoms with Crippen LogP contribution in [0.15, 0.2) is 71.0 Å². The van der Waals surface area contributed by atoms with E-state index in [2.05, 4.69) is 20.3 Å². The maximum atomic E-state index is 12.5. The van der Waals surface area contributed by atoms with Crippen molar-refractivity contribution in [3.63, 3.8) is 0 Å². The first-order chi connectivity index (χ1) is 12.6. The highest BCUT2D eigenvalue weighted by Gasteiger charge is 2.20. The number of nitrogens with zero attached hydrogens (tertiary/aromatic N) is 4. The molecule has 0 atom stereocenters. The van der Waals surface area contributed by atoms with Gasteiger partial charge in [0.1, 0.15) is 12.4 Å². The van der Waals surface area contributed by atoms with E-state index in [0.29, 0.717) is 5.82 Å². The zero-order valence-corrected chi connectivity index (χ0v) is 14.6. The summed E-state index contributed by atoms with van der Waals surface area (Å²) in [6.45, 7) is 0.170. The molecule has 132 valence electrons. The van der Waals surface area contributed by atoms with Gasteiger partial charge in [0.2, 0.25) is 5.82 Å². The Morgan fingerprint density at radius 3 is 2.38 bits per heavy atom. The lowest BCUT2D eigenvalue weighted by Gasteiger charge is -2.04. The number of nitrogens with one attached hydrogen (secondary N) is 1. The zero-order chi connectivity index (χ0) is 18.4. The maximum Gasteiger partial charge on any atom is 0.359 e. The number of hydrogen-bond acceptors (Lipinski definition) is 5. The van der Waals surface area contributed by atoms with Gasteiger partial charge in [-0.15, -0.1) is 5.11 Å². The van der Waals surface area contributed by atoms with Crippen LogP contribution in [-0.4, -0.2) is 35.0 Å². The fourth-order valence-electron chi connectivity index (χ4n) is 2.24. The predicted octanol–water partition coefficient (Wildman–Crippen LogP) is 3.99. The lowest BCUT2D eigenvalue weighted by molar-refractivity contribution is 0.0467. The summed E-state index contributed by atoms with van der Waals surface area (Å²) < 4.78 is 5.39. The second-order valence-corrected chi connectivity index (χ2v) is 5.75. The number of H-pyrrole nitrogens is 1. The third kappa shape index (κ3) is 4.32. The number of hydrogen-bond donors (Lipinski definition) is 1. The standard InChI is InChI=1S/C19H19N5O2/c1-24(2)23-22-18-16(19(25)26-13-14-9-5-3-6-10-14)20-17(21-18)15-11-7-4-8-12-15/h3-12H,13H2,1-2H3,(H,20,21). The highest BCUT2D eigenvalue weighted by molar-refractivity contribution is 5.92. The molecule has 0 amide bonds. The van der Waals surface area contributed by atoms with Gasteiger partial charge in [-0.3, -0.25) is 5.01 Å². The predicted molar refractivity (Wildman–Crippen MR) is 97.8 cm³/mol. The average Bonchev–Trinajstić information content (AvgIpc) is 3.10. The average molecular weight is 349 g/mol. The van der Waals surface area contributed by atoms with Crippen molar-refractivity contribution in [2.24, 2.45) is 10.3 Å². The molecule has 1 N–H and O–H groups in total. The second kappa shape index (κ2) is 8.06. The van der Waals surface area contributed by atoms with Crippen LogP contribution in [-0.2, 0) is 11.3 Å². The zero-order valence-electron chi connectivity index (χ0n) is 14.6. The smallest absolute Gasteiger partial charge is 0.359 e. The summed E-state index contributed by atoms with van der Waals surface area (Å²) in [6, 6.07) is 19.0. The van der Waals surface area contributed by atoms with Gasteiger partial charge in [-0.25, -0.2) is 9.78 Å². The molecule has 0 aliphatic heterocycles. The third-order valence-corrected chi connectivity index (χ3v) is 3.47. The van der Waals surface area contributed by atoms with E-state index in [0.717, 1.165) is 11.1 Å². The van der Waals surface area contributed by atoms with Crippen molar-refractivity contribution in [1.82, 2.24) is 15.0 Å². The van der Waals surface area contributed by atoms with Crippen molar-refractivity contribution in [3.8, 4) is 11.4 Å². The van der Waals surface area contributed by atoms with Crippen molar-refractivity contribution < 1.29 is 9.53 Å². The monoisotopic (exact) mass is 349 g/mol. The highest BCUT2D eigenvalue weighted by Crippen LogP contribution is 2.24. The Kier molecular flexibility index (Phi) is 5.38. The first-order valence-corrected chi connectivity index (χ1v) is 8.09. The molecule has 0 fully saturated rings. The van der Waals surface area contributed by atoms with Crippen LogP contribution < -0.4 is 0 Å². The molecule has 7 heteroatoms. The lowest BCUT2D eigenvalue weighted by Crippen LogP contribution is -2.06. The Labute approximate surface area is 151 Å². The van der Waals surface area contributed by atoms with E-state index in [-0.39, 0.29) is 18.1 Å². The van der Waals surface area contributed by atoms with Gasteiger partial charge in [-0.2, -0.15) is 0 Å². The minimum atomic E-state index is -0.531. The summed E-state index contributed by atoms with van der Waals surface area (Å²) >= 11 is 0. The van der Waals surface area contributed by atoms with Crippen LogP contribution in [0.5, 0.6) is 0 Å². The van der Waals surface area contributed by atoms with Crippen LogP contribution in [0, 0.1) is 0 Å². The van der Waals surface area contributed by atoms with Gasteiger partial charge < -0.3 is 9.72 Å². The number of benzene rings is 2. The molecule has 1 aromatic heterocycles. The Morgan fingerprint density at radius 2 is 1.73 bits per heavy atom. The largest absolute Gasteiger partial charge is 0.456 e. The van der Waals surface area contributed by atoms with Gasteiger partial charge in [-0.1, -0.05) is 65.9 Å². The van der Waals surface area contributed by atoms with Gasteiger partial charge >= 0.3 is 5.97 Å². The molecule has 0 unspecified atom stereocenters. The van der Waals surface area contributed by atoms with Crippen LogP contribution in [0.3, 0.4) is 0 Å². The van der Waals surface area contributed by atoms with E-state index in [1.807, 2.05) is 60.7 Å². The molecule has 3 rings (SSSR count). The van der Waals surface area contributed by atoms with E-state index >= 15 is 0 Å². The molecule has 2 aromatic carbocycles.